The number of hydrogen-bond acceptors (Lipinski definition) is 2. The Morgan fingerprint density at radius 1 is 0.806 bits per heavy atom. The molecule has 5 aromatic rings. The molecule has 4 aromatic carbocycles. The average molecular weight is 424 g/mol. The van der Waals surface area contributed by atoms with Gasteiger partial charge in [-0.05, 0) is 35.4 Å². The number of amidine groups is 2. The second-order valence-corrected chi connectivity index (χ2v) is 7.65. The third-order valence-electron chi connectivity index (χ3n) is 5.23. The van der Waals surface area contributed by atoms with Crippen molar-refractivity contribution in [1.82, 2.24) is 0 Å². The van der Waals surface area contributed by atoms with Crippen molar-refractivity contribution in [2.45, 2.75) is 0 Å². The Labute approximate surface area is 184 Å². The van der Waals surface area contributed by atoms with Crippen LogP contribution < -0.4 is 5.73 Å². The zero-order chi connectivity index (χ0) is 21.4. The van der Waals surface area contributed by atoms with E-state index in [4.69, 9.17) is 27.2 Å². The molecule has 0 amide bonds. The lowest BCUT2D eigenvalue weighted by Gasteiger charge is -2.06. The van der Waals surface area contributed by atoms with Gasteiger partial charge in [0.25, 0.3) is 0 Å². The summed E-state index contributed by atoms with van der Waals surface area (Å²) in [7, 11) is 0. The van der Waals surface area contributed by atoms with Crippen molar-refractivity contribution >= 4 is 45.2 Å². The Hall–Kier alpha value is -3.89. The molecule has 5 rings (SSSR count). The zero-order valence-corrected chi connectivity index (χ0v) is 17.2. The molecule has 0 fully saturated rings. The van der Waals surface area contributed by atoms with Gasteiger partial charge in [0.2, 0.25) is 0 Å². The number of aliphatic imine (C=N–C) groups is 1. The number of halogens is 1. The lowest BCUT2D eigenvalue weighted by Crippen LogP contribution is -2.16. The maximum atomic E-state index is 8.44. The number of furan rings is 1. The molecule has 0 aliphatic carbocycles. The van der Waals surface area contributed by atoms with Crippen molar-refractivity contribution in [2.24, 2.45) is 10.7 Å². The molecule has 3 N–H and O–H groups in total. The van der Waals surface area contributed by atoms with Crippen LogP contribution in [0.4, 0.5) is 0 Å². The highest BCUT2D eigenvalue weighted by Gasteiger charge is 2.14. The van der Waals surface area contributed by atoms with Gasteiger partial charge in [-0.25, -0.2) is 4.99 Å². The number of fused-ring (bicyclic) bond motifs is 3. The van der Waals surface area contributed by atoms with Crippen molar-refractivity contribution in [3.63, 3.8) is 0 Å². The minimum atomic E-state index is 0.0972. The summed E-state index contributed by atoms with van der Waals surface area (Å²) in [6, 6.07) is 28.9. The van der Waals surface area contributed by atoms with Crippen LogP contribution in [0.25, 0.3) is 33.1 Å². The van der Waals surface area contributed by atoms with E-state index >= 15 is 0 Å². The molecule has 1 aromatic heterocycles. The van der Waals surface area contributed by atoms with E-state index in [2.05, 4.69) is 17.1 Å². The molecule has 31 heavy (non-hydrogen) atoms. The average Bonchev–Trinajstić information content (AvgIpc) is 3.17. The summed E-state index contributed by atoms with van der Waals surface area (Å²) >= 11 is 6.19. The van der Waals surface area contributed by atoms with Crippen LogP contribution in [0.5, 0.6) is 0 Å². The number of nitrogens with two attached hydrogens (primary N) is 1. The Morgan fingerprint density at radius 2 is 1.55 bits per heavy atom. The smallest absolute Gasteiger partial charge is 0.154 e. The molecule has 0 saturated carbocycles. The lowest BCUT2D eigenvalue weighted by molar-refractivity contribution is 0.669. The monoisotopic (exact) mass is 423 g/mol. The second-order valence-electron chi connectivity index (χ2n) is 7.21. The quantitative estimate of drug-likeness (QED) is 0.252. The predicted octanol–water partition coefficient (Wildman–Crippen LogP) is 6.64. The first-order valence-electron chi connectivity index (χ1n) is 9.80. The molecule has 0 aliphatic rings. The Balaban J connectivity index is 1.51. The highest BCUT2D eigenvalue weighted by Crippen LogP contribution is 2.33. The van der Waals surface area contributed by atoms with E-state index in [9.17, 15) is 0 Å². The molecule has 0 bridgehead atoms. The van der Waals surface area contributed by atoms with Crippen LogP contribution in [-0.2, 0) is 0 Å². The van der Waals surface area contributed by atoms with Crippen molar-refractivity contribution in [1.29, 1.82) is 5.41 Å². The first-order valence-corrected chi connectivity index (χ1v) is 10.2. The molecule has 0 spiro atoms. The molecular weight excluding hydrogens is 406 g/mol. The molecule has 1 heterocycles. The lowest BCUT2D eigenvalue weighted by atomic mass is 10.0. The van der Waals surface area contributed by atoms with Gasteiger partial charge in [-0.1, -0.05) is 78.3 Å². The second kappa shape index (κ2) is 7.74. The number of benzene rings is 4. The molecule has 0 unspecified atom stereocenters. The van der Waals surface area contributed by atoms with Gasteiger partial charge in [-0.2, -0.15) is 0 Å². The molecule has 5 heteroatoms. The fourth-order valence-corrected chi connectivity index (χ4v) is 3.88. The highest BCUT2D eigenvalue weighted by atomic mass is 35.5. The van der Waals surface area contributed by atoms with Crippen LogP contribution in [-0.4, -0.2) is 11.7 Å². The Bertz CT molecular complexity index is 1450. The highest BCUT2D eigenvalue weighted by molar-refractivity contribution is 6.32. The van der Waals surface area contributed by atoms with Crippen LogP contribution >= 0.6 is 11.6 Å². The van der Waals surface area contributed by atoms with Crippen molar-refractivity contribution in [3.05, 3.63) is 107 Å². The molecule has 0 aliphatic heterocycles. The van der Waals surface area contributed by atoms with Crippen LogP contribution in [0.1, 0.15) is 11.1 Å². The minimum absolute atomic E-state index is 0.0972. The third kappa shape index (κ3) is 3.58. The number of rotatable bonds is 3. The minimum Gasteiger partial charge on any atom is -0.456 e. The van der Waals surface area contributed by atoms with Crippen molar-refractivity contribution in [2.75, 3.05) is 0 Å². The summed E-state index contributed by atoms with van der Waals surface area (Å²) in [6.07, 6.45) is 0. The summed E-state index contributed by atoms with van der Waals surface area (Å²) in [4.78, 5) is 4.38. The maximum Gasteiger partial charge on any atom is 0.154 e. The topological polar surface area (TPSA) is 75.4 Å². The molecule has 150 valence electrons. The number of hydrogen-bond donors (Lipinski definition) is 2. The first-order chi connectivity index (χ1) is 15.1. The normalized spacial score (nSPS) is 11.8. The van der Waals surface area contributed by atoms with Crippen LogP contribution in [0.15, 0.2) is 100 Å². The summed E-state index contributed by atoms with van der Waals surface area (Å²) in [5, 5.41) is 10.8. The largest absolute Gasteiger partial charge is 0.456 e. The first kappa shape index (κ1) is 19.1. The van der Waals surface area contributed by atoms with Crippen LogP contribution in [0.3, 0.4) is 0 Å². The molecular formula is C26H18ClN3O. The summed E-state index contributed by atoms with van der Waals surface area (Å²) in [5.41, 5.74) is 11.4. The van der Waals surface area contributed by atoms with Gasteiger partial charge >= 0.3 is 0 Å². The van der Waals surface area contributed by atoms with E-state index in [0.717, 1.165) is 27.5 Å². The Kier molecular flexibility index (Phi) is 4.77. The maximum absolute atomic E-state index is 8.44. The fraction of sp³-hybridized carbons (Fsp3) is 0. The van der Waals surface area contributed by atoms with E-state index in [0.29, 0.717) is 21.7 Å². The van der Waals surface area contributed by atoms with Crippen molar-refractivity contribution in [3.8, 4) is 11.1 Å². The summed E-state index contributed by atoms with van der Waals surface area (Å²) < 4.78 is 5.92. The van der Waals surface area contributed by atoms with Gasteiger partial charge < -0.3 is 10.2 Å². The SMILES string of the molecule is N=C(/N=C(\N)c1cccc2oc3ccc(Cl)cc3c12)c1ccc(-c2ccccc2)cc1. The molecule has 0 saturated heterocycles. The van der Waals surface area contributed by atoms with E-state index < -0.39 is 0 Å². The number of nitrogens with one attached hydrogen (secondary N) is 1. The van der Waals surface area contributed by atoms with E-state index in [1.54, 1.807) is 6.07 Å². The van der Waals surface area contributed by atoms with E-state index in [1.165, 1.54) is 0 Å². The van der Waals surface area contributed by atoms with Gasteiger partial charge in [0.1, 0.15) is 17.0 Å². The van der Waals surface area contributed by atoms with Gasteiger partial charge in [0.05, 0.1) is 0 Å². The zero-order valence-electron chi connectivity index (χ0n) is 16.5. The standard InChI is InChI=1S/C26H18ClN3O/c27-19-13-14-22-21(15-19)24-20(7-4-8-23(24)31-22)26(29)30-25(28)18-11-9-17(10-12-18)16-5-2-1-3-6-16/h1-15H,(H3,28,29,30). The van der Waals surface area contributed by atoms with Crippen LogP contribution in [0, 0.1) is 5.41 Å². The summed E-state index contributed by atoms with van der Waals surface area (Å²) in [6.45, 7) is 0. The van der Waals surface area contributed by atoms with Gasteiger partial charge in [0.15, 0.2) is 5.84 Å². The molecule has 0 radical (unpaired) electrons. The van der Waals surface area contributed by atoms with E-state index in [1.807, 2.05) is 72.8 Å². The van der Waals surface area contributed by atoms with E-state index in [-0.39, 0.29) is 11.7 Å². The van der Waals surface area contributed by atoms with Gasteiger partial charge in [-0.3, -0.25) is 5.41 Å². The van der Waals surface area contributed by atoms with Gasteiger partial charge in [0, 0.05) is 26.9 Å². The summed E-state index contributed by atoms with van der Waals surface area (Å²) in [5.74, 6) is 0.352. The Morgan fingerprint density at radius 3 is 2.32 bits per heavy atom. The molecule has 0 atom stereocenters. The number of nitrogens with zero attached hydrogens (tertiary/aromatic N) is 1. The van der Waals surface area contributed by atoms with Gasteiger partial charge in [-0.15, -0.1) is 0 Å². The van der Waals surface area contributed by atoms with Crippen molar-refractivity contribution < 1.29 is 4.42 Å². The molecule has 4 nitrogen and oxygen atoms in total. The fourth-order valence-electron chi connectivity index (χ4n) is 3.71. The predicted molar refractivity (Wildman–Crippen MR) is 128 cm³/mol. The van der Waals surface area contributed by atoms with Crippen LogP contribution in [0.2, 0.25) is 5.02 Å². The third-order valence-corrected chi connectivity index (χ3v) is 5.47.